The second-order valence-corrected chi connectivity index (χ2v) is 8.36. The SMILES string of the molecule is CC(C)(C)C(=O)N1[C@H](C2C=CC=C2)OC(=O)[C@@]1(C)CC=Cc1ccccc1. The first-order valence-corrected chi connectivity index (χ1v) is 9.35. The van der Waals surface area contributed by atoms with Crippen molar-refractivity contribution in [1.82, 2.24) is 4.90 Å². The molecule has 0 spiro atoms. The number of amides is 1. The second kappa shape index (κ2) is 7.18. The van der Waals surface area contributed by atoms with Crippen LogP contribution in [0.1, 0.15) is 39.7 Å². The zero-order valence-electron chi connectivity index (χ0n) is 16.4. The molecular formula is C23H27NO3. The van der Waals surface area contributed by atoms with Gasteiger partial charge in [0.05, 0.1) is 5.92 Å². The van der Waals surface area contributed by atoms with Crippen molar-refractivity contribution in [2.24, 2.45) is 11.3 Å². The topological polar surface area (TPSA) is 46.6 Å². The van der Waals surface area contributed by atoms with E-state index < -0.39 is 17.2 Å². The summed E-state index contributed by atoms with van der Waals surface area (Å²) in [6.45, 7) is 7.41. The van der Waals surface area contributed by atoms with Gasteiger partial charge in [0.15, 0.2) is 6.23 Å². The fourth-order valence-corrected chi connectivity index (χ4v) is 3.43. The molecule has 2 aliphatic rings. The Kier molecular flexibility index (Phi) is 5.09. The molecule has 0 radical (unpaired) electrons. The molecule has 1 saturated heterocycles. The Hall–Kier alpha value is -2.62. The number of carbonyl (C=O) groups excluding carboxylic acids is 2. The van der Waals surface area contributed by atoms with Crippen LogP contribution in [0.3, 0.4) is 0 Å². The molecule has 1 amide bonds. The van der Waals surface area contributed by atoms with E-state index in [4.69, 9.17) is 4.74 Å². The molecule has 0 N–H and O–H groups in total. The van der Waals surface area contributed by atoms with Crippen LogP contribution in [0, 0.1) is 11.3 Å². The summed E-state index contributed by atoms with van der Waals surface area (Å²) in [4.78, 5) is 27.8. The van der Waals surface area contributed by atoms with Crippen molar-refractivity contribution < 1.29 is 14.3 Å². The van der Waals surface area contributed by atoms with Crippen LogP contribution in [-0.4, -0.2) is 28.5 Å². The van der Waals surface area contributed by atoms with Gasteiger partial charge < -0.3 is 4.74 Å². The van der Waals surface area contributed by atoms with Crippen molar-refractivity contribution in [3.05, 3.63) is 66.3 Å². The van der Waals surface area contributed by atoms with Crippen LogP contribution in [0.15, 0.2) is 60.7 Å². The Balaban J connectivity index is 1.91. The molecule has 4 heteroatoms. The summed E-state index contributed by atoms with van der Waals surface area (Å²) in [6.07, 6.45) is 11.5. The van der Waals surface area contributed by atoms with Gasteiger partial charge in [-0.1, -0.05) is 87.6 Å². The van der Waals surface area contributed by atoms with Gasteiger partial charge in [-0.15, -0.1) is 0 Å². The standard InChI is InChI=1S/C23H27NO3/c1-22(2,3)20(25)24-19(18-14-8-9-15-18)27-21(26)23(24,4)16-10-13-17-11-6-5-7-12-17/h5-15,18-19H,16H2,1-4H3/t19-,23+/m0/s1. The molecule has 27 heavy (non-hydrogen) atoms. The van der Waals surface area contributed by atoms with Crippen LogP contribution in [0.2, 0.25) is 0 Å². The first-order chi connectivity index (χ1) is 12.7. The number of rotatable bonds is 4. The first-order valence-electron chi connectivity index (χ1n) is 9.35. The number of hydrogen-bond acceptors (Lipinski definition) is 3. The third kappa shape index (κ3) is 3.75. The summed E-state index contributed by atoms with van der Waals surface area (Å²) in [5.41, 5.74) is -0.577. The average Bonchev–Trinajstić information content (AvgIpc) is 3.22. The second-order valence-electron chi connectivity index (χ2n) is 8.36. The summed E-state index contributed by atoms with van der Waals surface area (Å²) in [5.74, 6) is -0.542. The van der Waals surface area contributed by atoms with Gasteiger partial charge in [-0.3, -0.25) is 9.69 Å². The zero-order valence-corrected chi connectivity index (χ0v) is 16.4. The molecule has 142 valence electrons. The molecule has 0 bridgehead atoms. The highest BCUT2D eigenvalue weighted by Crippen LogP contribution is 2.40. The summed E-state index contributed by atoms with van der Waals surface area (Å²) in [7, 11) is 0. The summed E-state index contributed by atoms with van der Waals surface area (Å²) in [6, 6.07) is 9.90. The molecule has 1 heterocycles. The molecule has 1 aliphatic carbocycles. The maximum atomic E-state index is 13.2. The maximum Gasteiger partial charge on any atom is 0.334 e. The molecule has 0 unspecified atom stereocenters. The third-order valence-electron chi connectivity index (χ3n) is 5.05. The first kappa shape index (κ1) is 19.2. The Morgan fingerprint density at radius 2 is 1.81 bits per heavy atom. The fraction of sp³-hybridized carbons (Fsp3) is 0.391. The summed E-state index contributed by atoms with van der Waals surface area (Å²) >= 11 is 0. The van der Waals surface area contributed by atoms with Gasteiger partial charge in [-0.2, -0.15) is 0 Å². The lowest BCUT2D eigenvalue weighted by atomic mass is 9.88. The molecule has 1 aliphatic heterocycles. The van der Waals surface area contributed by atoms with Crippen molar-refractivity contribution in [1.29, 1.82) is 0 Å². The van der Waals surface area contributed by atoms with E-state index in [0.29, 0.717) is 6.42 Å². The molecule has 4 nitrogen and oxygen atoms in total. The van der Waals surface area contributed by atoms with E-state index in [9.17, 15) is 9.59 Å². The number of hydrogen-bond donors (Lipinski definition) is 0. The number of ether oxygens (including phenoxy) is 1. The zero-order chi connectivity index (χ0) is 19.7. The number of nitrogens with zero attached hydrogens (tertiary/aromatic N) is 1. The highest BCUT2D eigenvalue weighted by Gasteiger charge is 2.56. The molecule has 0 aromatic heterocycles. The van der Waals surface area contributed by atoms with E-state index in [1.165, 1.54) is 0 Å². The van der Waals surface area contributed by atoms with Crippen LogP contribution in [0.25, 0.3) is 6.08 Å². The number of carbonyl (C=O) groups is 2. The van der Waals surface area contributed by atoms with E-state index in [2.05, 4.69) is 0 Å². The lowest BCUT2D eigenvalue weighted by Gasteiger charge is -2.38. The predicted molar refractivity (Wildman–Crippen MR) is 106 cm³/mol. The van der Waals surface area contributed by atoms with Crippen molar-refractivity contribution in [2.75, 3.05) is 0 Å². The lowest BCUT2D eigenvalue weighted by molar-refractivity contribution is -0.150. The van der Waals surface area contributed by atoms with E-state index in [1.54, 1.807) is 11.8 Å². The van der Waals surface area contributed by atoms with Crippen LogP contribution < -0.4 is 0 Å². The maximum absolute atomic E-state index is 13.2. The summed E-state index contributed by atoms with van der Waals surface area (Å²) < 4.78 is 5.72. The molecule has 1 aromatic carbocycles. The molecule has 3 rings (SSSR count). The smallest absolute Gasteiger partial charge is 0.334 e. The van der Waals surface area contributed by atoms with Crippen LogP contribution in [0.4, 0.5) is 0 Å². The number of benzene rings is 1. The van der Waals surface area contributed by atoms with Gasteiger partial charge in [-0.05, 0) is 18.9 Å². The van der Waals surface area contributed by atoms with Gasteiger partial charge in [0, 0.05) is 5.41 Å². The largest absolute Gasteiger partial charge is 0.439 e. The van der Waals surface area contributed by atoms with Crippen molar-refractivity contribution >= 4 is 18.0 Å². The Bertz CT molecular complexity index is 789. The van der Waals surface area contributed by atoms with Gasteiger partial charge in [0.2, 0.25) is 5.91 Å². The monoisotopic (exact) mass is 365 g/mol. The fourth-order valence-electron chi connectivity index (χ4n) is 3.43. The van der Waals surface area contributed by atoms with Crippen molar-refractivity contribution in [2.45, 2.75) is 45.9 Å². The Morgan fingerprint density at radius 3 is 2.41 bits per heavy atom. The third-order valence-corrected chi connectivity index (χ3v) is 5.05. The van der Waals surface area contributed by atoms with Gasteiger partial charge in [0.25, 0.3) is 0 Å². The Morgan fingerprint density at radius 1 is 1.19 bits per heavy atom. The average molecular weight is 365 g/mol. The molecule has 0 saturated carbocycles. The van der Waals surface area contributed by atoms with Crippen LogP contribution in [-0.2, 0) is 14.3 Å². The quantitative estimate of drug-likeness (QED) is 0.745. The predicted octanol–water partition coefficient (Wildman–Crippen LogP) is 4.35. The number of esters is 1. The highest BCUT2D eigenvalue weighted by molar-refractivity contribution is 5.93. The van der Waals surface area contributed by atoms with E-state index >= 15 is 0 Å². The number of cyclic esters (lactones) is 1. The molecule has 1 aromatic rings. The van der Waals surface area contributed by atoms with Crippen LogP contribution >= 0.6 is 0 Å². The van der Waals surface area contributed by atoms with Gasteiger partial charge in [0.1, 0.15) is 5.54 Å². The van der Waals surface area contributed by atoms with Crippen molar-refractivity contribution in [3.63, 3.8) is 0 Å². The Labute approximate surface area is 161 Å². The van der Waals surface area contributed by atoms with E-state index in [-0.39, 0.29) is 17.8 Å². The van der Waals surface area contributed by atoms with Crippen molar-refractivity contribution in [3.8, 4) is 0 Å². The van der Waals surface area contributed by atoms with E-state index in [1.807, 2.05) is 87.6 Å². The van der Waals surface area contributed by atoms with Crippen LogP contribution in [0.5, 0.6) is 0 Å². The molecular weight excluding hydrogens is 338 g/mol. The minimum atomic E-state index is -1.02. The minimum Gasteiger partial charge on any atom is -0.439 e. The number of allylic oxidation sites excluding steroid dienone is 2. The highest BCUT2D eigenvalue weighted by atomic mass is 16.6. The molecule has 2 atom stereocenters. The normalized spacial score (nSPS) is 25.6. The molecule has 1 fully saturated rings. The van der Waals surface area contributed by atoms with Gasteiger partial charge in [-0.25, -0.2) is 4.79 Å². The lowest BCUT2D eigenvalue weighted by Crippen LogP contribution is -2.55. The van der Waals surface area contributed by atoms with E-state index in [0.717, 1.165) is 5.56 Å². The minimum absolute atomic E-state index is 0.0809. The summed E-state index contributed by atoms with van der Waals surface area (Å²) in [5, 5.41) is 0. The van der Waals surface area contributed by atoms with Gasteiger partial charge >= 0.3 is 5.97 Å².